The van der Waals surface area contributed by atoms with Crippen LogP contribution in [-0.4, -0.2) is 81.2 Å². The van der Waals surface area contributed by atoms with Crippen LogP contribution in [0.1, 0.15) is 26.7 Å². The lowest BCUT2D eigenvalue weighted by molar-refractivity contribution is -0.197. The first-order valence-electron chi connectivity index (χ1n) is 8.15. The minimum absolute atomic E-state index is 0.335. The third-order valence-electron chi connectivity index (χ3n) is 5.52. The summed E-state index contributed by atoms with van der Waals surface area (Å²) in [7, 11) is -2.76. The molecule has 0 aromatic carbocycles. The summed E-state index contributed by atoms with van der Waals surface area (Å²) >= 11 is 0. The topological polar surface area (TPSA) is 49.9 Å². The summed E-state index contributed by atoms with van der Waals surface area (Å²) in [4.78, 5) is 4.90. The number of nitrogens with zero attached hydrogens (tertiary/aromatic N) is 2. The van der Waals surface area contributed by atoms with Gasteiger partial charge in [0.25, 0.3) is 0 Å². The first-order chi connectivity index (χ1) is 9.89. The van der Waals surface area contributed by atoms with Gasteiger partial charge in [-0.3, -0.25) is 9.80 Å². The maximum absolute atomic E-state index is 11.5. The van der Waals surface area contributed by atoms with Crippen LogP contribution in [0.3, 0.4) is 0 Å². The maximum atomic E-state index is 11.5. The molecule has 3 heterocycles. The smallest absolute Gasteiger partial charge is 0.152 e. The monoisotopic (exact) mass is 316 g/mol. The van der Waals surface area contributed by atoms with Gasteiger partial charge in [0.1, 0.15) is 0 Å². The molecule has 0 aliphatic carbocycles. The van der Waals surface area contributed by atoms with Gasteiger partial charge in [-0.05, 0) is 26.7 Å². The Balaban J connectivity index is 1.37. The average molecular weight is 316 g/mol. The minimum Gasteiger partial charge on any atom is -0.380 e. The van der Waals surface area contributed by atoms with Crippen molar-refractivity contribution in [3.63, 3.8) is 0 Å². The fraction of sp³-hybridized carbons (Fsp3) is 1.00. The van der Waals surface area contributed by atoms with Crippen molar-refractivity contribution < 1.29 is 13.2 Å². The highest BCUT2D eigenvalue weighted by molar-refractivity contribution is 7.91. The number of sulfone groups is 1. The normalized spacial score (nSPS) is 31.3. The van der Waals surface area contributed by atoms with E-state index in [2.05, 4.69) is 23.6 Å². The van der Waals surface area contributed by atoms with E-state index in [0.717, 1.165) is 19.6 Å². The molecule has 2 unspecified atom stereocenters. The van der Waals surface area contributed by atoms with Crippen molar-refractivity contribution in [2.75, 3.05) is 50.9 Å². The SMILES string of the molecule is CC(CCC(C)N1CC2(COC2)C1)N1CCS(=O)(=O)CC1. The molecule has 3 aliphatic rings. The van der Waals surface area contributed by atoms with Gasteiger partial charge < -0.3 is 4.74 Å². The second kappa shape index (κ2) is 5.80. The molecule has 2 atom stereocenters. The van der Waals surface area contributed by atoms with Crippen molar-refractivity contribution >= 4 is 9.84 Å². The van der Waals surface area contributed by atoms with Crippen LogP contribution >= 0.6 is 0 Å². The van der Waals surface area contributed by atoms with E-state index in [4.69, 9.17) is 4.74 Å². The molecular weight excluding hydrogens is 288 g/mol. The third kappa shape index (κ3) is 3.44. The first kappa shape index (κ1) is 15.7. The van der Waals surface area contributed by atoms with E-state index < -0.39 is 9.84 Å². The van der Waals surface area contributed by atoms with E-state index in [-0.39, 0.29) is 0 Å². The Labute approximate surface area is 128 Å². The van der Waals surface area contributed by atoms with E-state index in [0.29, 0.717) is 42.1 Å². The Morgan fingerprint density at radius 2 is 1.52 bits per heavy atom. The first-order valence-corrected chi connectivity index (χ1v) is 9.98. The standard InChI is InChI=1S/C15H28N2O3S/c1-13(16-5-7-21(18,19)8-6-16)3-4-14(2)17-9-15(10-17)11-20-12-15/h13-14H,3-12H2,1-2H3. The summed E-state index contributed by atoms with van der Waals surface area (Å²) in [6.45, 7) is 10.3. The van der Waals surface area contributed by atoms with Crippen molar-refractivity contribution in [1.29, 1.82) is 0 Å². The van der Waals surface area contributed by atoms with Gasteiger partial charge in [-0.15, -0.1) is 0 Å². The molecule has 0 aromatic heterocycles. The number of hydrogen-bond donors (Lipinski definition) is 0. The lowest BCUT2D eigenvalue weighted by atomic mass is 9.77. The molecule has 5 nitrogen and oxygen atoms in total. The molecule has 0 aromatic rings. The molecule has 0 bridgehead atoms. The molecule has 3 fully saturated rings. The zero-order chi connectivity index (χ0) is 15.1. The van der Waals surface area contributed by atoms with Gasteiger partial charge in [0.05, 0.1) is 24.7 Å². The Kier molecular flexibility index (Phi) is 4.34. The zero-order valence-corrected chi connectivity index (χ0v) is 14.1. The van der Waals surface area contributed by atoms with Crippen LogP contribution < -0.4 is 0 Å². The summed E-state index contributed by atoms with van der Waals surface area (Å²) in [5.74, 6) is 0.670. The molecule has 3 aliphatic heterocycles. The Hall–Kier alpha value is -0.170. The lowest BCUT2D eigenvalue weighted by Gasteiger charge is -2.57. The zero-order valence-electron chi connectivity index (χ0n) is 13.3. The quantitative estimate of drug-likeness (QED) is 0.744. The van der Waals surface area contributed by atoms with Crippen molar-refractivity contribution in [3.8, 4) is 0 Å². The predicted molar refractivity (Wildman–Crippen MR) is 83.2 cm³/mol. The number of rotatable bonds is 5. The van der Waals surface area contributed by atoms with Crippen molar-refractivity contribution in [2.24, 2.45) is 5.41 Å². The summed E-state index contributed by atoms with van der Waals surface area (Å²) in [5, 5.41) is 0. The molecule has 0 amide bonds. The molecule has 122 valence electrons. The molecule has 6 heteroatoms. The number of likely N-dealkylation sites (tertiary alicyclic amines) is 1. The fourth-order valence-electron chi connectivity index (χ4n) is 3.72. The van der Waals surface area contributed by atoms with E-state index in [1.807, 2.05) is 0 Å². The van der Waals surface area contributed by atoms with E-state index in [1.54, 1.807) is 0 Å². The summed E-state index contributed by atoms with van der Waals surface area (Å²) in [6.07, 6.45) is 2.35. The highest BCUT2D eigenvalue weighted by Crippen LogP contribution is 2.39. The second-order valence-electron chi connectivity index (χ2n) is 7.36. The van der Waals surface area contributed by atoms with E-state index in [1.165, 1.54) is 19.5 Å². The van der Waals surface area contributed by atoms with Crippen LogP contribution in [0.25, 0.3) is 0 Å². The molecule has 21 heavy (non-hydrogen) atoms. The van der Waals surface area contributed by atoms with Crippen molar-refractivity contribution in [3.05, 3.63) is 0 Å². The highest BCUT2D eigenvalue weighted by atomic mass is 32.2. The van der Waals surface area contributed by atoms with Gasteiger partial charge in [-0.1, -0.05) is 0 Å². The Morgan fingerprint density at radius 1 is 1.00 bits per heavy atom. The van der Waals surface area contributed by atoms with Crippen molar-refractivity contribution in [2.45, 2.75) is 38.8 Å². The summed E-state index contributed by atoms with van der Waals surface area (Å²) in [5.41, 5.74) is 0.501. The van der Waals surface area contributed by atoms with Crippen LogP contribution in [0.15, 0.2) is 0 Å². The minimum atomic E-state index is -2.76. The number of ether oxygens (including phenoxy) is 1. The maximum Gasteiger partial charge on any atom is 0.152 e. The van der Waals surface area contributed by atoms with Gasteiger partial charge in [0.15, 0.2) is 9.84 Å². The molecule has 0 radical (unpaired) electrons. The van der Waals surface area contributed by atoms with Crippen LogP contribution in [0, 0.1) is 5.41 Å². The van der Waals surface area contributed by atoms with Gasteiger partial charge in [0, 0.05) is 43.7 Å². The van der Waals surface area contributed by atoms with Crippen LogP contribution in [0.4, 0.5) is 0 Å². The summed E-state index contributed by atoms with van der Waals surface area (Å²) < 4.78 is 28.3. The molecule has 1 spiro atoms. The third-order valence-corrected chi connectivity index (χ3v) is 7.13. The number of hydrogen-bond acceptors (Lipinski definition) is 5. The molecular formula is C15H28N2O3S. The Bertz CT molecular complexity index is 453. The average Bonchev–Trinajstić information content (AvgIpc) is 2.32. The van der Waals surface area contributed by atoms with Crippen LogP contribution in [0.5, 0.6) is 0 Å². The second-order valence-corrected chi connectivity index (χ2v) is 9.66. The largest absolute Gasteiger partial charge is 0.380 e. The van der Waals surface area contributed by atoms with Crippen LogP contribution in [-0.2, 0) is 14.6 Å². The molecule has 3 rings (SSSR count). The highest BCUT2D eigenvalue weighted by Gasteiger charge is 2.49. The summed E-state index contributed by atoms with van der Waals surface area (Å²) in [6, 6.07) is 1.12. The van der Waals surface area contributed by atoms with Crippen molar-refractivity contribution in [1.82, 2.24) is 9.80 Å². The van der Waals surface area contributed by atoms with Gasteiger partial charge in [-0.25, -0.2) is 8.42 Å². The molecule has 3 saturated heterocycles. The van der Waals surface area contributed by atoms with E-state index in [9.17, 15) is 8.42 Å². The predicted octanol–water partition coefficient (Wildman–Crippen LogP) is 0.606. The Morgan fingerprint density at radius 3 is 2.00 bits per heavy atom. The van der Waals surface area contributed by atoms with Crippen LogP contribution in [0.2, 0.25) is 0 Å². The van der Waals surface area contributed by atoms with Gasteiger partial charge in [-0.2, -0.15) is 0 Å². The molecule has 0 saturated carbocycles. The fourth-order valence-corrected chi connectivity index (χ4v) is 4.94. The van der Waals surface area contributed by atoms with Gasteiger partial charge in [0.2, 0.25) is 0 Å². The van der Waals surface area contributed by atoms with Gasteiger partial charge >= 0.3 is 0 Å². The van der Waals surface area contributed by atoms with E-state index >= 15 is 0 Å². The lowest BCUT2D eigenvalue weighted by Crippen LogP contribution is -2.67. The molecule has 0 N–H and O–H groups in total.